The molecule has 0 fully saturated rings. The average molecular weight is 262 g/mol. The number of rotatable bonds is 3. The molecule has 98 valence electrons. The van der Waals surface area contributed by atoms with E-state index in [0.717, 1.165) is 5.52 Å². The molecule has 0 aliphatic carbocycles. The van der Waals surface area contributed by atoms with Crippen LogP contribution in [0.1, 0.15) is 46.2 Å². The van der Waals surface area contributed by atoms with Gasteiger partial charge in [0.2, 0.25) is 0 Å². The van der Waals surface area contributed by atoms with Gasteiger partial charge in [0, 0.05) is 18.3 Å². The van der Waals surface area contributed by atoms with Gasteiger partial charge < -0.3 is 5.32 Å². The molecule has 2 heterocycles. The van der Waals surface area contributed by atoms with Crippen LogP contribution in [-0.4, -0.2) is 11.0 Å². The fourth-order valence-electron chi connectivity index (χ4n) is 1.82. The largest absolute Gasteiger partial charge is 0.307 e. The fraction of sp³-hybridized carbons (Fsp3) is 0.533. The number of nitrogens with one attached hydrogen (secondary N) is 1. The Morgan fingerprint density at radius 1 is 1.28 bits per heavy atom. The molecule has 0 aliphatic rings. The standard InChI is InChI=1S/C15H22N2S/c1-10(17-11(2)15(3,4)5)12-8-14-13(16-9-12)6-7-18-14/h6-11,17H,1-5H3. The Morgan fingerprint density at radius 2 is 2.00 bits per heavy atom. The molecular weight excluding hydrogens is 240 g/mol. The van der Waals surface area contributed by atoms with Gasteiger partial charge in [0.25, 0.3) is 0 Å². The highest BCUT2D eigenvalue weighted by atomic mass is 32.1. The lowest BCUT2D eigenvalue weighted by Gasteiger charge is -2.31. The van der Waals surface area contributed by atoms with Crippen LogP contribution in [-0.2, 0) is 0 Å². The third-order valence-electron chi connectivity index (χ3n) is 3.62. The summed E-state index contributed by atoms with van der Waals surface area (Å²) in [7, 11) is 0. The van der Waals surface area contributed by atoms with E-state index in [1.165, 1.54) is 10.3 Å². The van der Waals surface area contributed by atoms with Crippen molar-refractivity contribution in [3.63, 3.8) is 0 Å². The molecule has 0 amide bonds. The van der Waals surface area contributed by atoms with Crippen LogP contribution in [0.15, 0.2) is 23.7 Å². The van der Waals surface area contributed by atoms with Crippen molar-refractivity contribution in [3.05, 3.63) is 29.3 Å². The summed E-state index contributed by atoms with van der Waals surface area (Å²) >= 11 is 1.75. The lowest BCUT2D eigenvalue weighted by atomic mass is 9.87. The molecular formula is C15H22N2S. The van der Waals surface area contributed by atoms with E-state index in [2.05, 4.69) is 62.4 Å². The summed E-state index contributed by atoms with van der Waals surface area (Å²) in [5, 5.41) is 5.75. The zero-order chi connectivity index (χ0) is 13.3. The summed E-state index contributed by atoms with van der Waals surface area (Å²) in [6, 6.07) is 5.12. The van der Waals surface area contributed by atoms with Crippen molar-refractivity contribution in [2.75, 3.05) is 0 Å². The van der Waals surface area contributed by atoms with Gasteiger partial charge in [-0.25, -0.2) is 0 Å². The predicted molar refractivity (Wildman–Crippen MR) is 80.1 cm³/mol. The van der Waals surface area contributed by atoms with Gasteiger partial charge in [-0.3, -0.25) is 4.98 Å². The summed E-state index contributed by atoms with van der Waals surface area (Å²) in [4.78, 5) is 4.50. The molecule has 0 aliphatic heterocycles. The summed E-state index contributed by atoms with van der Waals surface area (Å²) in [5.74, 6) is 0. The first kappa shape index (κ1) is 13.5. The second-order valence-electron chi connectivity index (χ2n) is 6.05. The summed E-state index contributed by atoms with van der Waals surface area (Å²) in [6.07, 6.45) is 1.99. The van der Waals surface area contributed by atoms with E-state index in [1.54, 1.807) is 11.3 Å². The molecule has 0 bridgehead atoms. The maximum absolute atomic E-state index is 4.50. The zero-order valence-corrected chi connectivity index (χ0v) is 12.6. The van der Waals surface area contributed by atoms with E-state index in [9.17, 15) is 0 Å². The van der Waals surface area contributed by atoms with Gasteiger partial charge >= 0.3 is 0 Å². The van der Waals surface area contributed by atoms with E-state index in [0.29, 0.717) is 12.1 Å². The van der Waals surface area contributed by atoms with E-state index >= 15 is 0 Å². The van der Waals surface area contributed by atoms with Crippen LogP contribution >= 0.6 is 11.3 Å². The van der Waals surface area contributed by atoms with Crippen LogP contribution in [0, 0.1) is 5.41 Å². The Kier molecular flexibility index (Phi) is 3.74. The lowest BCUT2D eigenvalue weighted by Crippen LogP contribution is -2.39. The molecule has 0 saturated heterocycles. The van der Waals surface area contributed by atoms with Gasteiger partial charge in [0.15, 0.2) is 0 Å². The van der Waals surface area contributed by atoms with Gasteiger partial charge in [-0.2, -0.15) is 0 Å². The highest BCUT2D eigenvalue weighted by Gasteiger charge is 2.21. The van der Waals surface area contributed by atoms with E-state index < -0.39 is 0 Å². The highest BCUT2D eigenvalue weighted by Crippen LogP contribution is 2.25. The molecule has 0 spiro atoms. The zero-order valence-electron chi connectivity index (χ0n) is 11.8. The smallest absolute Gasteiger partial charge is 0.0809 e. The molecule has 0 radical (unpaired) electrons. The van der Waals surface area contributed by atoms with Crippen molar-refractivity contribution in [2.45, 2.75) is 46.7 Å². The molecule has 0 saturated carbocycles. The molecule has 2 aromatic heterocycles. The first-order valence-corrected chi connectivity index (χ1v) is 7.35. The normalized spacial score (nSPS) is 15.8. The topological polar surface area (TPSA) is 24.9 Å². The van der Waals surface area contributed by atoms with Gasteiger partial charge in [0.1, 0.15) is 0 Å². The van der Waals surface area contributed by atoms with Crippen molar-refractivity contribution >= 4 is 21.6 Å². The first-order valence-electron chi connectivity index (χ1n) is 6.47. The number of pyridine rings is 1. The minimum atomic E-state index is 0.273. The second-order valence-corrected chi connectivity index (χ2v) is 7.00. The molecule has 2 rings (SSSR count). The number of hydrogen-bond acceptors (Lipinski definition) is 3. The van der Waals surface area contributed by atoms with Gasteiger partial charge in [-0.05, 0) is 42.3 Å². The Balaban J connectivity index is 2.15. The molecule has 2 nitrogen and oxygen atoms in total. The predicted octanol–water partition coefficient (Wildman–Crippen LogP) is 4.38. The number of fused-ring (bicyclic) bond motifs is 1. The van der Waals surface area contributed by atoms with Crippen LogP contribution < -0.4 is 5.32 Å². The summed E-state index contributed by atoms with van der Waals surface area (Å²) < 4.78 is 1.27. The van der Waals surface area contributed by atoms with Crippen LogP contribution in [0.2, 0.25) is 0 Å². The van der Waals surface area contributed by atoms with Gasteiger partial charge in [-0.1, -0.05) is 20.8 Å². The molecule has 1 N–H and O–H groups in total. The van der Waals surface area contributed by atoms with Crippen LogP contribution in [0.4, 0.5) is 0 Å². The van der Waals surface area contributed by atoms with Crippen LogP contribution in [0.25, 0.3) is 10.2 Å². The number of hydrogen-bond donors (Lipinski definition) is 1. The molecule has 3 heteroatoms. The molecule has 0 aromatic carbocycles. The monoisotopic (exact) mass is 262 g/mol. The van der Waals surface area contributed by atoms with Crippen LogP contribution in [0.3, 0.4) is 0 Å². The third-order valence-corrected chi connectivity index (χ3v) is 4.48. The summed E-state index contributed by atoms with van der Waals surface area (Å²) in [5.41, 5.74) is 2.63. The maximum atomic E-state index is 4.50. The molecule has 2 aromatic rings. The number of nitrogens with zero attached hydrogens (tertiary/aromatic N) is 1. The van der Waals surface area contributed by atoms with Crippen molar-refractivity contribution in [1.82, 2.24) is 10.3 Å². The Hall–Kier alpha value is -0.930. The molecule has 2 atom stereocenters. The highest BCUT2D eigenvalue weighted by molar-refractivity contribution is 7.17. The first-order chi connectivity index (χ1) is 8.38. The van der Waals surface area contributed by atoms with Gasteiger partial charge in [0.05, 0.1) is 10.2 Å². The van der Waals surface area contributed by atoms with Crippen molar-refractivity contribution in [1.29, 1.82) is 0 Å². The summed E-state index contributed by atoms with van der Waals surface area (Å²) in [6.45, 7) is 11.2. The molecule has 2 unspecified atom stereocenters. The maximum Gasteiger partial charge on any atom is 0.0809 e. The van der Waals surface area contributed by atoms with Crippen LogP contribution in [0.5, 0.6) is 0 Å². The van der Waals surface area contributed by atoms with Gasteiger partial charge in [-0.15, -0.1) is 11.3 Å². The van der Waals surface area contributed by atoms with E-state index in [1.807, 2.05) is 6.20 Å². The Morgan fingerprint density at radius 3 is 2.67 bits per heavy atom. The molecule has 18 heavy (non-hydrogen) atoms. The minimum Gasteiger partial charge on any atom is -0.307 e. The number of aromatic nitrogens is 1. The second kappa shape index (κ2) is 4.98. The van der Waals surface area contributed by atoms with E-state index in [-0.39, 0.29) is 5.41 Å². The Labute approximate surface area is 113 Å². The fourth-order valence-corrected chi connectivity index (χ4v) is 2.61. The minimum absolute atomic E-state index is 0.273. The van der Waals surface area contributed by atoms with Crippen molar-refractivity contribution in [3.8, 4) is 0 Å². The number of thiophene rings is 1. The quantitative estimate of drug-likeness (QED) is 0.888. The van der Waals surface area contributed by atoms with E-state index in [4.69, 9.17) is 0 Å². The average Bonchev–Trinajstić information content (AvgIpc) is 2.74. The lowest BCUT2D eigenvalue weighted by molar-refractivity contribution is 0.268. The van der Waals surface area contributed by atoms with Crippen molar-refractivity contribution < 1.29 is 0 Å². The SMILES string of the molecule is CC(NC(C)C(C)(C)C)c1cnc2ccsc2c1. The Bertz CT molecular complexity index is 525. The van der Waals surface area contributed by atoms with Crippen molar-refractivity contribution in [2.24, 2.45) is 5.41 Å². The third kappa shape index (κ3) is 2.90.